The highest BCUT2D eigenvalue weighted by Crippen LogP contribution is 2.38. The van der Waals surface area contributed by atoms with Crippen molar-refractivity contribution in [1.29, 1.82) is 0 Å². The maximum atomic E-state index is 12.2. The molecule has 4 heteroatoms. The molecule has 1 amide bonds. The van der Waals surface area contributed by atoms with E-state index in [4.69, 9.17) is 9.47 Å². The minimum atomic E-state index is -0.309. The Kier molecular flexibility index (Phi) is 3.32. The van der Waals surface area contributed by atoms with Crippen LogP contribution in [-0.4, -0.2) is 42.9 Å². The van der Waals surface area contributed by atoms with Gasteiger partial charge in [-0.3, -0.25) is 4.79 Å². The zero-order chi connectivity index (χ0) is 12.6. The number of amides is 1. The topological polar surface area (TPSA) is 38.8 Å². The van der Waals surface area contributed by atoms with Gasteiger partial charge in [0.1, 0.15) is 0 Å². The molecule has 0 aromatic heterocycles. The quantitative estimate of drug-likeness (QED) is 0.755. The van der Waals surface area contributed by atoms with Crippen LogP contribution in [0, 0.1) is 5.92 Å². The third-order valence-corrected chi connectivity index (χ3v) is 4.88. The van der Waals surface area contributed by atoms with Gasteiger partial charge in [-0.1, -0.05) is 6.42 Å². The molecule has 3 aliphatic rings. The summed E-state index contributed by atoms with van der Waals surface area (Å²) in [4.78, 5) is 14.2. The lowest BCUT2D eigenvalue weighted by Crippen LogP contribution is -2.47. The molecule has 2 aliphatic carbocycles. The van der Waals surface area contributed by atoms with Crippen LogP contribution in [0.5, 0.6) is 0 Å². The van der Waals surface area contributed by atoms with Crippen molar-refractivity contribution in [2.75, 3.05) is 20.3 Å². The van der Waals surface area contributed by atoms with E-state index in [0.29, 0.717) is 17.9 Å². The number of rotatable bonds is 2. The van der Waals surface area contributed by atoms with Gasteiger partial charge < -0.3 is 14.4 Å². The van der Waals surface area contributed by atoms with E-state index >= 15 is 0 Å². The lowest BCUT2D eigenvalue weighted by atomic mass is 9.83. The molecular weight excluding hydrogens is 230 g/mol. The Morgan fingerprint density at radius 3 is 2.22 bits per heavy atom. The summed E-state index contributed by atoms with van der Waals surface area (Å²) in [6, 6.07) is 0.386. The van der Waals surface area contributed by atoms with Gasteiger partial charge in [0, 0.05) is 31.8 Å². The van der Waals surface area contributed by atoms with Gasteiger partial charge in [0.05, 0.1) is 13.2 Å². The van der Waals surface area contributed by atoms with Gasteiger partial charge in [-0.2, -0.15) is 0 Å². The Labute approximate surface area is 109 Å². The predicted octanol–water partition coefficient (Wildman–Crippen LogP) is 1.93. The molecule has 0 N–H and O–H groups in total. The van der Waals surface area contributed by atoms with Crippen LogP contribution in [0.2, 0.25) is 0 Å². The van der Waals surface area contributed by atoms with Crippen LogP contribution in [0.1, 0.15) is 44.9 Å². The molecule has 18 heavy (non-hydrogen) atoms. The van der Waals surface area contributed by atoms with E-state index in [-0.39, 0.29) is 5.79 Å². The first-order valence-electron chi connectivity index (χ1n) is 7.25. The molecule has 0 radical (unpaired) electrons. The molecule has 3 fully saturated rings. The zero-order valence-electron chi connectivity index (χ0n) is 11.2. The van der Waals surface area contributed by atoms with Crippen molar-refractivity contribution in [2.45, 2.75) is 56.8 Å². The number of hydrogen-bond donors (Lipinski definition) is 0. The summed E-state index contributed by atoms with van der Waals surface area (Å²) in [6.07, 6.45) is 7.28. The van der Waals surface area contributed by atoms with Crippen LogP contribution < -0.4 is 0 Å². The Morgan fingerprint density at radius 2 is 1.72 bits per heavy atom. The Bertz CT molecular complexity index is 311. The molecule has 0 aromatic carbocycles. The van der Waals surface area contributed by atoms with Crippen LogP contribution >= 0.6 is 0 Å². The smallest absolute Gasteiger partial charge is 0.225 e. The standard InChI is InChI=1S/C14H23NO3/c1-15(13(16)11-3-2-4-11)12-5-7-14(8-6-12)17-9-10-18-14/h11-12H,2-10H2,1H3. The van der Waals surface area contributed by atoms with Gasteiger partial charge in [0.25, 0.3) is 0 Å². The first kappa shape index (κ1) is 12.4. The SMILES string of the molecule is CN(C(=O)C1CCC1)C1CCC2(CC1)OCCO2. The Balaban J connectivity index is 1.53. The second-order valence-electron chi connectivity index (χ2n) is 5.92. The van der Waals surface area contributed by atoms with Gasteiger partial charge in [-0.15, -0.1) is 0 Å². The van der Waals surface area contributed by atoms with Crippen molar-refractivity contribution in [3.63, 3.8) is 0 Å². The molecule has 1 heterocycles. The first-order chi connectivity index (χ1) is 8.70. The fourth-order valence-electron chi connectivity index (χ4n) is 3.34. The van der Waals surface area contributed by atoms with Crippen LogP contribution in [0.3, 0.4) is 0 Å². The third-order valence-electron chi connectivity index (χ3n) is 4.88. The summed E-state index contributed by atoms with van der Waals surface area (Å²) in [5, 5.41) is 0. The van der Waals surface area contributed by atoms with Crippen LogP contribution in [0.25, 0.3) is 0 Å². The van der Waals surface area contributed by atoms with Gasteiger partial charge >= 0.3 is 0 Å². The summed E-state index contributed by atoms with van der Waals surface area (Å²) >= 11 is 0. The van der Waals surface area contributed by atoms with E-state index in [1.807, 2.05) is 11.9 Å². The fraction of sp³-hybridized carbons (Fsp3) is 0.929. The van der Waals surface area contributed by atoms with E-state index in [1.54, 1.807) is 0 Å². The molecule has 1 saturated heterocycles. The Morgan fingerprint density at radius 1 is 1.11 bits per heavy atom. The Hall–Kier alpha value is -0.610. The second kappa shape index (κ2) is 4.82. The highest BCUT2D eigenvalue weighted by atomic mass is 16.7. The molecule has 3 rings (SSSR count). The largest absolute Gasteiger partial charge is 0.348 e. The summed E-state index contributed by atoms with van der Waals surface area (Å²) < 4.78 is 11.4. The minimum absolute atomic E-state index is 0.309. The molecule has 0 unspecified atom stereocenters. The van der Waals surface area contributed by atoms with E-state index in [0.717, 1.165) is 51.7 Å². The van der Waals surface area contributed by atoms with Crippen LogP contribution in [-0.2, 0) is 14.3 Å². The lowest BCUT2D eigenvalue weighted by Gasteiger charge is -2.40. The molecule has 4 nitrogen and oxygen atoms in total. The molecule has 1 aliphatic heterocycles. The second-order valence-corrected chi connectivity index (χ2v) is 5.92. The van der Waals surface area contributed by atoms with E-state index in [2.05, 4.69) is 0 Å². The maximum Gasteiger partial charge on any atom is 0.225 e. The minimum Gasteiger partial charge on any atom is -0.348 e. The number of hydrogen-bond acceptors (Lipinski definition) is 3. The summed E-state index contributed by atoms with van der Waals surface area (Å²) in [5.74, 6) is 0.358. The monoisotopic (exact) mass is 253 g/mol. The van der Waals surface area contributed by atoms with Crippen molar-refractivity contribution in [3.05, 3.63) is 0 Å². The highest BCUT2D eigenvalue weighted by Gasteiger charge is 2.42. The first-order valence-corrected chi connectivity index (χ1v) is 7.25. The molecule has 0 aromatic rings. The average Bonchev–Trinajstić information content (AvgIpc) is 2.75. The highest BCUT2D eigenvalue weighted by molar-refractivity contribution is 5.79. The third kappa shape index (κ3) is 2.16. The van der Waals surface area contributed by atoms with Gasteiger partial charge in [-0.25, -0.2) is 0 Å². The van der Waals surface area contributed by atoms with Crippen molar-refractivity contribution in [1.82, 2.24) is 4.90 Å². The number of carbonyl (C=O) groups is 1. The van der Waals surface area contributed by atoms with Crippen LogP contribution in [0.15, 0.2) is 0 Å². The average molecular weight is 253 g/mol. The number of ether oxygens (including phenoxy) is 2. The molecule has 1 spiro atoms. The van der Waals surface area contributed by atoms with Crippen molar-refractivity contribution >= 4 is 5.91 Å². The van der Waals surface area contributed by atoms with E-state index < -0.39 is 0 Å². The van der Waals surface area contributed by atoms with Gasteiger partial charge in [-0.05, 0) is 25.7 Å². The number of nitrogens with zero attached hydrogens (tertiary/aromatic N) is 1. The lowest BCUT2D eigenvalue weighted by molar-refractivity contribution is -0.185. The summed E-state index contributed by atoms with van der Waals surface area (Å²) in [6.45, 7) is 1.45. The molecule has 2 saturated carbocycles. The van der Waals surface area contributed by atoms with Crippen molar-refractivity contribution in [3.8, 4) is 0 Å². The molecule has 0 atom stereocenters. The molecular formula is C14H23NO3. The summed E-state index contributed by atoms with van der Waals surface area (Å²) in [7, 11) is 1.97. The predicted molar refractivity (Wildman–Crippen MR) is 67.0 cm³/mol. The number of carbonyl (C=O) groups excluding carboxylic acids is 1. The molecule has 102 valence electrons. The van der Waals surface area contributed by atoms with Crippen molar-refractivity contribution in [2.24, 2.45) is 5.92 Å². The summed E-state index contributed by atoms with van der Waals surface area (Å²) in [5.41, 5.74) is 0. The molecule has 0 bridgehead atoms. The maximum absolute atomic E-state index is 12.2. The zero-order valence-corrected chi connectivity index (χ0v) is 11.2. The normalized spacial score (nSPS) is 28.3. The van der Waals surface area contributed by atoms with E-state index in [1.165, 1.54) is 6.42 Å². The van der Waals surface area contributed by atoms with E-state index in [9.17, 15) is 4.79 Å². The van der Waals surface area contributed by atoms with Gasteiger partial charge in [0.2, 0.25) is 5.91 Å². The van der Waals surface area contributed by atoms with Crippen molar-refractivity contribution < 1.29 is 14.3 Å². The van der Waals surface area contributed by atoms with Crippen LogP contribution in [0.4, 0.5) is 0 Å². The fourth-order valence-corrected chi connectivity index (χ4v) is 3.34. The van der Waals surface area contributed by atoms with Gasteiger partial charge in [0.15, 0.2) is 5.79 Å².